The number of aromatic nitrogens is 6. The van der Waals surface area contributed by atoms with Gasteiger partial charge in [0.1, 0.15) is 11.2 Å². The van der Waals surface area contributed by atoms with Crippen LogP contribution in [0.3, 0.4) is 0 Å². The van der Waals surface area contributed by atoms with Gasteiger partial charge >= 0.3 is 0 Å². The van der Waals surface area contributed by atoms with Crippen molar-refractivity contribution in [2.24, 2.45) is 0 Å². The molecule has 0 fully saturated rings. The maximum Gasteiger partial charge on any atom is 0.205 e. The van der Waals surface area contributed by atoms with Crippen LogP contribution in [0.4, 0.5) is 0 Å². The highest BCUT2D eigenvalue weighted by molar-refractivity contribution is 9.10. The van der Waals surface area contributed by atoms with Crippen LogP contribution in [-0.2, 0) is 0 Å². The normalized spacial score (nSPS) is 11.2. The topological polar surface area (TPSA) is 72.3 Å². The van der Waals surface area contributed by atoms with Gasteiger partial charge in [0.2, 0.25) is 5.82 Å². The molecular formula is C14H8BrClN6. The summed E-state index contributed by atoms with van der Waals surface area (Å²) < 4.78 is 2.65. The molecule has 2 heterocycles. The summed E-state index contributed by atoms with van der Waals surface area (Å²) in [7, 11) is 0. The molecule has 2 aromatic carbocycles. The third-order valence-electron chi connectivity index (χ3n) is 3.26. The molecule has 0 aliphatic heterocycles. The van der Waals surface area contributed by atoms with Crippen molar-refractivity contribution in [3.63, 3.8) is 0 Å². The molecule has 1 N–H and O–H groups in total. The van der Waals surface area contributed by atoms with E-state index in [9.17, 15) is 0 Å². The van der Waals surface area contributed by atoms with Crippen molar-refractivity contribution in [1.29, 1.82) is 0 Å². The minimum Gasteiger partial charge on any atom is -0.195 e. The van der Waals surface area contributed by atoms with Gasteiger partial charge in [-0.15, -0.1) is 10.2 Å². The predicted octanol–water partition coefficient (Wildman–Crippen LogP) is 3.62. The van der Waals surface area contributed by atoms with Crippen molar-refractivity contribution >= 4 is 38.6 Å². The van der Waals surface area contributed by atoms with Crippen LogP contribution in [0.15, 0.2) is 46.9 Å². The number of fused-ring (bicyclic) bond motifs is 1. The van der Waals surface area contributed by atoms with Crippen molar-refractivity contribution in [1.82, 2.24) is 30.4 Å². The maximum absolute atomic E-state index is 5.98. The first-order valence-electron chi connectivity index (χ1n) is 6.40. The van der Waals surface area contributed by atoms with E-state index in [2.05, 4.69) is 41.7 Å². The van der Waals surface area contributed by atoms with Crippen molar-refractivity contribution in [2.45, 2.75) is 0 Å². The third-order valence-corrected chi connectivity index (χ3v) is 4.02. The van der Waals surface area contributed by atoms with Crippen LogP contribution in [0.1, 0.15) is 0 Å². The van der Waals surface area contributed by atoms with E-state index in [1.165, 1.54) is 0 Å². The number of rotatable bonds is 2. The molecular weight excluding hydrogens is 368 g/mol. The SMILES string of the molecule is Clc1ccc2c(c1)nnn2-c1n[nH]nc1-c1ccc(Br)cc1. The van der Waals surface area contributed by atoms with Crippen LogP contribution < -0.4 is 0 Å². The summed E-state index contributed by atoms with van der Waals surface area (Å²) in [6.07, 6.45) is 0. The molecule has 108 valence electrons. The van der Waals surface area contributed by atoms with E-state index in [0.29, 0.717) is 22.1 Å². The Morgan fingerprint density at radius 3 is 2.68 bits per heavy atom. The van der Waals surface area contributed by atoms with Crippen molar-refractivity contribution in [3.8, 4) is 17.1 Å². The lowest BCUT2D eigenvalue weighted by Crippen LogP contribution is -1.99. The van der Waals surface area contributed by atoms with Gasteiger partial charge in [0.25, 0.3) is 0 Å². The summed E-state index contributed by atoms with van der Waals surface area (Å²) in [5.74, 6) is 0.590. The van der Waals surface area contributed by atoms with Gasteiger partial charge in [0.15, 0.2) is 0 Å². The molecule has 4 aromatic rings. The fourth-order valence-corrected chi connectivity index (χ4v) is 2.66. The molecule has 0 radical (unpaired) electrons. The lowest BCUT2D eigenvalue weighted by molar-refractivity contribution is 0.792. The Bertz CT molecular complexity index is 959. The molecule has 6 nitrogen and oxygen atoms in total. The molecule has 0 aliphatic rings. The van der Waals surface area contributed by atoms with Crippen LogP contribution in [0.2, 0.25) is 5.02 Å². The van der Waals surface area contributed by atoms with E-state index in [1.807, 2.05) is 30.3 Å². The highest BCUT2D eigenvalue weighted by Crippen LogP contribution is 2.26. The molecule has 8 heteroatoms. The number of benzene rings is 2. The molecule has 22 heavy (non-hydrogen) atoms. The second-order valence-corrected chi connectivity index (χ2v) is 5.99. The quantitative estimate of drug-likeness (QED) is 0.581. The number of halogens is 2. The summed E-state index contributed by atoms with van der Waals surface area (Å²) in [6, 6.07) is 13.2. The van der Waals surface area contributed by atoms with Crippen molar-refractivity contribution in [3.05, 3.63) is 52.0 Å². The first-order valence-corrected chi connectivity index (χ1v) is 7.57. The van der Waals surface area contributed by atoms with E-state index < -0.39 is 0 Å². The summed E-state index contributed by atoms with van der Waals surface area (Å²) in [5.41, 5.74) is 3.16. The molecule has 0 aliphatic carbocycles. The fraction of sp³-hybridized carbons (Fsp3) is 0. The third kappa shape index (κ3) is 2.18. The number of nitrogens with zero attached hydrogens (tertiary/aromatic N) is 5. The smallest absolute Gasteiger partial charge is 0.195 e. The molecule has 0 amide bonds. The average molecular weight is 376 g/mol. The Hall–Kier alpha value is -2.25. The number of aromatic amines is 1. The Morgan fingerprint density at radius 1 is 1.05 bits per heavy atom. The van der Waals surface area contributed by atoms with E-state index >= 15 is 0 Å². The second kappa shape index (κ2) is 5.19. The van der Waals surface area contributed by atoms with Gasteiger partial charge in [-0.3, -0.25) is 0 Å². The minimum atomic E-state index is 0.590. The zero-order chi connectivity index (χ0) is 15.1. The van der Waals surface area contributed by atoms with Crippen molar-refractivity contribution in [2.75, 3.05) is 0 Å². The van der Waals surface area contributed by atoms with E-state index in [4.69, 9.17) is 11.6 Å². The Labute approximate surface area is 138 Å². The van der Waals surface area contributed by atoms with Crippen LogP contribution in [-0.4, -0.2) is 30.4 Å². The van der Waals surface area contributed by atoms with E-state index in [-0.39, 0.29) is 0 Å². The lowest BCUT2D eigenvalue weighted by Gasteiger charge is -2.02. The van der Waals surface area contributed by atoms with Gasteiger partial charge < -0.3 is 0 Å². The Morgan fingerprint density at radius 2 is 1.86 bits per heavy atom. The predicted molar refractivity (Wildman–Crippen MR) is 87.0 cm³/mol. The summed E-state index contributed by atoms with van der Waals surface area (Å²) in [4.78, 5) is 0. The number of H-pyrrole nitrogens is 1. The van der Waals surface area contributed by atoms with Crippen LogP contribution in [0.5, 0.6) is 0 Å². The number of hydrogen-bond acceptors (Lipinski definition) is 4. The molecule has 0 saturated carbocycles. The van der Waals surface area contributed by atoms with E-state index in [1.54, 1.807) is 16.8 Å². The lowest BCUT2D eigenvalue weighted by atomic mass is 10.1. The molecule has 0 atom stereocenters. The highest BCUT2D eigenvalue weighted by atomic mass is 79.9. The number of hydrogen-bond donors (Lipinski definition) is 1. The molecule has 0 unspecified atom stereocenters. The second-order valence-electron chi connectivity index (χ2n) is 4.64. The monoisotopic (exact) mass is 374 g/mol. The van der Waals surface area contributed by atoms with Gasteiger partial charge in [0, 0.05) is 15.1 Å². The summed E-state index contributed by atoms with van der Waals surface area (Å²) >= 11 is 9.40. The first-order chi connectivity index (χ1) is 10.7. The first kappa shape index (κ1) is 13.4. The minimum absolute atomic E-state index is 0.590. The highest BCUT2D eigenvalue weighted by Gasteiger charge is 2.16. The maximum atomic E-state index is 5.98. The number of nitrogens with one attached hydrogen (secondary N) is 1. The molecule has 0 saturated heterocycles. The molecule has 2 aromatic heterocycles. The molecule has 4 rings (SSSR count). The zero-order valence-electron chi connectivity index (χ0n) is 11.0. The van der Waals surface area contributed by atoms with Gasteiger partial charge in [-0.2, -0.15) is 15.0 Å². The van der Waals surface area contributed by atoms with Gasteiger partial charge in [-0.1, -0.05) is 44.9 Å². The van der Waals surface area contributed by atoms with Gasteiger partial charge in [-0.05, 0) is 30.3 Å². The summed E-state index contributed by atoms with van der Waals surface area (Å²) in [5, 5.41) is 20.0. The van der Waals surface area contributed by atoms with Crippen molar-refractivity contribution < 1.29 is 0 Å². The Balaban J connectivity index is 1.89. The summed E-state index contributed by atoms with van der Waals surface area (Å²) in [6.45, 7) is 0. The zero-order valence-corrected chi connectivity index (χ0v) is 13.4. The van der Waals surface area contributed by atoms with Gasteiger partial charge in [0.05, 0.1) is 5.52 Å². The largest absolute Gasteiger partial charge is 0.205 e. The van der Waals surface area contributed by atoms with Crippen LogP contribution >= 0.6 is 27.5 Å². The molecule has 0 spiro atoms. The molecule has 0 bridgehead atoms. The Kier molecular flexibility index (Phi) is 3.16. The standard InChI is InChI=1S/C14H8BrClN6/c15-9-3-1-8(2-4-9)13-14(19-20-18-13)22-12-6-5-10(16)7-11(12)17-21-22/h1-7H,(H,18,19,20). The van der Waals surface area contributed by atoms with Crippen LogP contribution in [0, 0.1) is 0 Å². The van der Waals surface area contributed by atoms with E-state index in [0.717, 1.165) is 15.6 Å². The van der Waals surface area contributed by atoms with Crippen LogP contribution in [0.25, 0.3) is 28.1 Å². The fourth-order valence-electron chi connectivity index (χ4n) is 2.23. The average Bonchev–Trinajstić information content (AvgIpc) is 3.13. The van der Waals surface area contributed by atoms with Gasteiger partial charge in [-0.25, -0.2) is 0 Å².